The van der Waals surface area contributed by atoms with Gasteiger partial charge in [-0.3, -0.25) is 0 Å². The molecule has 0 aromatic rings. The molecule has 0 atom stereocenters. The van der Waals surface area contributed by atoms with Crippen molar-refractivity contribution in [2.75, 3.05) is 0 Å². The molecular formula is C6H6O2Ti. The molecule has 0 aromatic heterocycles. The summed E-state index contributed by atoms with van der Waals surface area (Å²) in [4.78, 5) is 16.2. The van der Waals surface area contributed by atoms with Crippen LogP contribution >= 0.6 is 0 Å². The van der Waals surface area contributed by atoms with Gasteiger partial charge < -0.3 is 0 Å². The predicted octanol–water partition coefficient (Wildman–Crippen LogP) is 0.916. The van der Waals surface area contributed by atoms with E-state index < -0.39 is 0 Å². The maximum absolute atomic E-state index is 8.12. The molecule has 1 aliphatic carbocycles. The van der Waals surface area contributed by atoms with Gasteiger partial charge in [0, 0.05) is 21.7 Å². The summed E-state index contributed by atoms with van der Waals surface area (Å²) in [5.74, 6) is 0. The fourth-order valence-corrected chi connectivity index (χ4v) is 0.393. The normalized spacial score (nSPS) is 10.7. The molecule has 0 saturated heterocycles. The van der Waals surface area contributed by atoms with Crippen LogP contribution in [-0.2, 0) is 31.3 Å². The van der Waals surface area contributed by atoms with Gasteiger partial charge in [0.25, 0.3) is 0 Å². The molecule has 2 nitrogen and oxygen atoms in total. The third-order valence-electron chi connectivity index (χ3n) is 0.655. The molecule has 9 heavy (non-hydrogen) atoms. The summed E-state index contributed by atoms with van der Waals surface area (Å²) in [6.45, 7) is 0. The van der Waals surface area contributed by atoms with Crippen LogP contribution in [-0.4, -0.2) is 6.15 Å². The third-order valence-corrected chi connectivity index (χ3v) is 0.655. The average molecular weight is 158 g/mol. The monoisotopic (exact) mass is 158 g/mol. The van der Waals surface area contributed by atoms with Gasteiger partial charge in [0.2, 0.25) is 0 Å². The molecule has 1 aliphatic rings. The fraction of sp³-hybridized carbons (Fsp3) is 0.167. The third kappa shape index (κ3) is 11.2. The molecule has 46 valence electrons. The summed E-state index contributed by atoms with van der Waals surface area (Å²) in [5.41, 5.74) is 0. The molecule has 0 heterocycles. The van der Waals surface area contributed by atoms with Gasteiger partial charge in [0.1, 0.15) is 0 Å². The van der Waals surface area contributed by atoms with E-state index >= 15 is 0 Å². The van der Waals surface area contributed by atoms with E-state index in [1.165, 1.54) is 0 Å². The second kappa shape index (κ2) is 10.5. The maximum Gasteiger partial charge on any atom is 0.373 e. The largest absolute Gasteiger partial charge is 0.373 e. The fourth-order valence-electron chi connectivity index (χ4n) is 0.393. The van der Waals surface area contributed by atoms with Crippen LogP contribution < -0.4 is 0 Å². The smallest absolute Gasteiger partial charge is 0.186 e. The second-order valence-corrected chi connectivity index (χ2v) is 1.18. The van der Waals surface area contributed by atoms with Crippen molar-refractivity contribution in [2.45, 2.75) is 6.42 Å². The summed E-state index contributed by atoms with van der Waals surface area (Å²) in [5, 5.41) is 0. The van der Waals surface area contributed by atoms with Gasteiger partial charge in [-0.05, 0) is 6.42 Å². The molecular weight excluding hydrogens is 152 g/mol. The average Bonchev–Trinajstić information content (AvgIpc) is 2.17. The maximum atomic E-state index is 8.12. The summed E-state index contributed by atoms with van der Waals surface area (Å²) >= 11 is 0. The molecule has 0 unspecified atom stereocenters. The van der Waals surface area contributed by atoms with Crippen LogP contribution in [0.5, 0.6) is 0 Å². The van der Waals surface area contributed by atoms with E-state index in [9.17, 15) is 0 Å². The SMILES string of the molecule is C1=CCC=C1.O=C=O.[Ti]. The Morgan fingerprint density at radius 2 is 1.44 bits per heavy atom. The first kappa shape index (κ1) is 11.4. The quantitative estimate of drug-likeness (QED) is 0.491. The molecule has 0 saturated carbocycles. The molecule has 1 rings (SSSR count). The number of allylic oxidation sites excluding steroid dienone is 4. The van der Waals surface area contributed by atoms with Gasteiger partial charge in [-0.15, -0.1) is 0 Å². The molecule has 0 aromatic carbocycles. The Kier molecular flexibility index (Phi) is 13.3. The molecule has 0 amide bonds. The zero-order valence-electron chi connectivity index (χ0n) is 4.83. The van der Waals surface area contributed by atoms with Crippen molar-refractivity contribution in [3.63, 3.8) is 0 Å². The topological polar surface area (TPSA) is 34.1 Å². The second-order valence-electron chi connectivity index (χ2n) is 1.18. The molecule has 3 heteroatoms. The number of carbonyl (C=O) groups excluding carboxylic acids is 2. The van der Waals surface area contributed by atoms with Crippen molar-refractivity contribution in [1.29, 1.82) is 0 Å². The molecule has 0 radical (unpaired) electrons. The van der Waals surface area contributed by atoms with Crippen LogP contribution in [0.2, 0.25) is 0 Å². The predicted molar refractivity (Wildman–Crippen MR) is 27.9 cm³/mol. The summed E-state index contributed by atoms with van der Waals surface area (Å²) in [6.07, 6.45) is 9.75. The molecule has 0 fully saturated rings. The van der Waals surface area contributed by atoms with Gasteiger partial charge >= 0.3 is 6.15 Å². The molecule has 0 aliphatic heterocycles. The van der Waals surface area contributed by atoms with E-state index in [1.54, 1.807) is 0 Å². The molecule has 0 N–H and O–H groups in total. The minimum absolute atomic E-state index is 0. The van der Waals surface area contributed by atoms with Crippen molar-refractivity contribution in [1.82, 2.24) is 0 Å². The minimum atomic E-state index is 0. The van der Waals surface area contributed by atoms with Crippen LogP contribution in [0.4, 0.5) is 0 Å². The Morgan fingerprint density at radius 1 is 1.11 bits per heavy atom. The van der Waals surface area contributed by atoms with Crippen molar-refractivity contribution in [3.8, 4) is 0 Å². The summed E-state index contributed by atoms with van der Waals surface area (Å²) in [6, 6.07) is 0. The van der Waals surface area contributed by atoms with E-state index in [2.05, 4.69) is 24.3 Å². The van der Waals surface area contributed by atoms with E-state index in [4.69, 9.17) is 9.59 Å². The standard InChI is InChI=1S/C5H6.CO2.Ti/c1-2-4-5-3-1;2-1-3;/h1-4H,5H2;;. The van der Waals surface area contributed by atoms with Crippen molar-refractivity contribution >= 4 is 6.15 Å². The molecule has 0 spiro atoms. The minimum Gasteiger partial charge on any atom is -0.186 e. The first-order chi connectivity index (χ1) is 3.91. The summed E-state index contributed by atoms with van der Waals surface area (Å²) in [7, 11) is 0. The van der Waals surface area contributed by atoms with Crippen LogP contribution in [0.3, 0.4) is 0 Å². The van der Waals surface area contributed by atoms with Crippen molar-refractivity contribution in [3.05, 3.63) is 24.3 Å². The first-order valence-electron chi connectivity index (χ1n) is 2.22. The van der Waals surface area contributed by atoms with E-state index in [0.29, 0.717) is 0 Å². The van der Waals surface area contributed by atoms with Gasteiger partial charge in [0.05, 0.1) is 0 Å². The number of rotatable bonds is 0. The Balaban J connectivity index is 0. The van der Waals surface area contributed by atoms with Gasteiger partial charge in [-0.2, -0.15) is 9.59 Å². The van der Waals surface area contributed by atoms with Crippen LogP contribution in [0.15, 0.2) is 24.3 Å². The van der Waals surface area contributed by atoms with Crippen LogP contribution in [0, 0.1) is 0 Å². The van der Waals surface area contributed by atoms with Crippen LogP contribution in [0.1, 0.15) is 6.42 Å². The van der Waals surface area contributed by atoms with Gasteiger partial charge in [0.15, 0.2) is 0 Å². The zero-order chi connectivity index (χ0) is 6.24. The zero-order valence-corrected chi connectivity index (χ0v) is 6.39. The Bertz CT molecular complexity index is 122. The summed E-state index contributed by atoms with van der Waals surface area (Å²) < 4.78 is 0. The van der Waals surface area contributed by atoms with Crippen molar-refractivity contribution < 1.29 is 31.3 Å². The van der Waals surface area contributed by atoms with Gasteiger partial charge in [-0.25, -0.2) is 0 Å². The van der Waals surface area contributed by atoms with E-state index in [1.807, 2.05) is 0 Å². The Labute approximate surface area is 68.5 Å². The van der Waals surface area contributed by atoms with Gasteiger partial charge in [-0.1, -0.05) is 24.3 Å². The van der Waals surface area contributed by atoms with Crippen molar-refractivity contribution in [2.24, 2.45) is 0 Å². The van der Waals surface area contributed by atoms with E-state index in [-0.39, 0.29) is 27.9 Å². The number of hydrogen-bond donors (Lipinski definition) is 0. The molecule has 0 bridgehead atoms. The Morgan fingerprint density at radius 3 is 1.56 bits per heavy atom. The Hall–Kier alpha value is -0.426. The first-order valence-corrected chi connectivity index (χ1v) is 2.22. The van der Waals surface area contributed by atoms with Crippen LogP contribution in [0.25, 0.3) is 0 Å². The van der Waals surface area contributed by atoms with E-state index in [0.717, 1.165) is 6.42 Å². The number of hydrogen-bond acceptors (Lipinski definition) is 2.